The average molecular weight is 376 g/mol. The van der Waals surface area contributed by atoms with Crippen LogP contribution in [0.5, 0.6) is 0 Å². The first-order chi connectivity index (χ1) is 13.2. The van der Waals surface area contributed by atoms with Gasteiger partial charge in [0, 0.05) is 29.4 Å². The van der Waals surface area contributed by atoms with Crippen molar-refractivity contribution >= 4 is 23.4 Å². The molecule has 5 nitrogen and oxygen atoms in total. The van der Waals surface area contributed by atoms with Gasteiger partial charge < -0.3 is 10.6 Å². The van der Waals surface area contributed by atoms with Gasteiger partial charge in [-0.25, -0.2) is 0 Å². The Labute approximate surface area is 163 Å². The molecule has 2 heterocycles. The van der Waals surface area contributed by atoms with Crippen molar-refractivity contribution in [3.05, 3.63) is 82.3 Å². The van der Waals surface area contributed by atoms with E-state index in [2.05, 4.69) is 21.7 Å². The molecule has 1 aliphatic rings. The maximum absolute atomic E-state index is 13.1. The molecular formula is C21H20N4OS. The number of amides is 1. The van der Waals surface area contributed by atoms with Gasteiger partial charge in [-0.05, 0) is 42.5 Å². The molecule has 1 aliphatic heterocycles. The van der Waals surface area contributed by atoms with E-state index in [-0.39, 0.29) is 5.91 Å². The van der Waals surface area contributed by atoms with Crippen LogP contribution in [0.1, 0.15) is 25.3 Å². The van der Waals surface area contributed by atoms with Crippen LogP contribution < -0.4 is 10.6 Å². The lowest BCUT2D eigenvalue weighted by Crippen LogP contribution is -2.30. The van der Waals surface area contributed by atoms with Crippen LogP contribution >= 0.6 is 11.8 Å². The zero-order valence-corrected chi connectivity index (χ0v) is 16.0. The molecule has 2 N–H and O–H groups in total. The van der Waals surface area contributed by atoms with Gasteiger partial charge >= 0.3 is 0 Å². The van der Waals surface area contributed by atoms with E-state index in [1.807, 2.05) is 56.3 Å². The third-order valence-corrected chi connectivity index (χ3v) is 5.15. The fraction of sp³-hybridized carbons (Fsp3) is 0.190. The molecule has 1 aromatic heterocycles. The molecule has 1 atom stereocenters. The Morgan fingerprint density at radius 2 is 1.96 bits per heavy atom. The standard InChI is InChI=1S/C21H20N4OS/c1-3-27-21-17(13-22)19(15-9-11-23-12-10-15)18(14(2)24-21)20(26)25-16-7-5-4-6-8-16/h4-12,19,24H,3H2,1-2H3,(H,25,26)/t19-/m1/s1. The van der Waals surface area contributed by atoms with Crippen molar-refractivity contribution in [3.63, 3.8) is 0 Å². The molecular weight excluding hydrogens is 356 g/mol. The predicted octanol–water partition coefficient (Wildman–Crippen LogP) is 4.17. The molecule has 3 rings (SSSR count). The molecule has 27 heavy (non-hydrogen) atoms. The Kier molecular flexibility index (Phi) is 5.94. The minimum atomic E-state index is -0.433. The van der Waals surface area contributed by atoms with E-state index in [1.54, 1.807) is 24.2 Å². The molecule has 0 bridgehead atoms. The minimum Gasteiger partial charge on any atom is -0.353 e. The number of hydrogen-bond donors (Lipinski definition) is 2. The number of nitriles is 1. The lowest BCUT2D eigenvalue weighted by atomic mass is 9.82. The molecule has 1 amide bonds. The summed E-state index contributed by atoms with van der Waals surface area (Å²) in [7, 11) is 0. The lowest BCUT2D eigenvalue weighted by Gasteiger charge is -2.29. The van der Waals surface area contributed by atoms with Gasteiger partial charge in [0.1, 0.15) is 0 Å². The summed E-state index contributed by atoms with van der Waals surface area (Å²) in [5, 5.41) is 16.9. The number of carbonyl (C=O) groups is 1. The number of hydrogen-bond acceptors (Lipinski definition) is 5. The normalized spacial score (nSPS) is 16.6. The van der Waals surface area contributed by atoms with Crippen LogP contribution in [0.15, 0.2) is 76.7 Å². The lowest BCUT2D eigenvalue weighted by molar-refractivity contribution is -0.113. The minimum absolute atomic E-state index is 0.221. The van der Waals surface area contributed by atoms with Crippen molar-refractivity contribution < 1.29 is 4.79 Å². The van der Waals surface area contributed by atoms with Crippen LogP contribution in [0.2, 0.25) is 0 Å². The quantitative estimate of drug-likeness (QED) is 0.819. The van der Waals surface area contributed by atoms with Gasteiger partial charge in [-0.3, -0.25) is 9.78 Å². The number of allylic oxidation sites excluding steroid dienone is 2. The number of carbonyl (C=O) groups excluding carboxylic acids is 1. The van der Waals surface area contributed by atoms with Crippen molar-refractivity contribution in [2.75, 3.05) is 11.1 Å². The van der Waals surface area contributed by atoms with Crippen LogP contribution in [0, 0.1) is 11.3 Å². The number of nitrogens with zero attached hydrogens (tertiary/aromatic N) is 2. The highest BCUT2D eigenvalue weighted by Gasteiger charge is 2.34. The zero-order valence-electron chi connectivity index (χ0n) is 15.2. The number of anilines is 1. The summed E-state index contributed by atoms with van der Waals surface area (Å²) >= 11 is 1.57. The summed E-state index contributed by atoms with van der Waals surface area (Å²) in [6.07, 6.45) is 3.36. The second-order valence-electron chi connectivity index (χ2n) is 5.98. The Balaban J connectivity index is 2.06. The SMILES string of the molecule is CCSC1=C(C#N)[C@@H](c2ccncc2)C(C(=O)Nc2ccccc2)=C(C)N1. The van der Waals surface area contributed by atoms with E-state index < -0.39 is 5.92 Å². The third kappa shape index (κ3) is 4.04. The van der Waals surface area contributed by atoms with Crippen LogP contribution in [0.4, 0.5) is 5.69 Å². The fourth-order valence-electron chi connectivity index (χ4n) is 3.08. The van der Waals surface area contributed by atoms with Gasteiger partial charge in [-0.15, -0.1) is 11.8 Å². The molecule has 0 fully saturated rings. The highest BCUT2D eigenvalue weighted by Crippen LogP contribution is 2.40. The van der Waals surface area contributed by atoms with Gasteiger partial charge in [-0.1, -0.05) is 25.1 Å². The number of nitrogens with one attached hydrogen (secondary N) is 2. The van der Waals surface area contributed by atoms with E-state index in [4.69, 9.17) is 0 Å². The first-order valence-electron chi connectivity index (χ1n) is 8.66. The van der Waals surface area contributed by atoms with Gasteiger partial charge in [0.25, 0.3) is 5.91 Å². The second kappa shape index (κ2) is 8.56. The molecule has 0 aliphatic carbocycles. The van der Waals surface area contributed by atoms with Crippen molar-refractivity contribution in [1.82, 2.24) is 10.3 Å². The largest absolute Gasteiger partial charge is 0.353 e. The van der Waals surface area contributed by atoms with Crippen LogP contribution in [0.25, 0.3) is 0 Å². The van der Waals surface area contributed by atoms with Crippen molar-refractivity contribution in [2.45, 2.75) is 19.8 Å². The van der Waals surface area contributed by atoms with Crippen molar-refractivity contribution in [1.29, 1.82) is 5.26 Å². The van der Waals surface area contributed by atoms with E-state index in [9.17, 15) is 10.1 Å². The molecule has 136 valence electrons. The first-order valence-corrected chi connectivity index (χ1v) is 9.65. The summed E-state index contributed by atoms with van der Waals surface area (Å²) < 4.78 is 0. The van der Waals surface area contributed by atoms with E-state index in [0.29, 0.717) is 16.8 Å². The molecule has 0 unspecified atom stereocenters. The Hall–Kier alpha value is -3.04. The van der Waals surface area contributed by atoms with Gasteiger partial charge in [-0.2, -0.15) is 5.26 Å². The zero-order chi connectivity index (χ0) is 19.2. The van der Waals surface area contributed by atoms with Gasteiger partial charge in [0.2, 0.25) is 0 Å². The van der Waals surface area contributed by atoms with Crippen LogP contribution in [0.3, 0.4) is 0 Å². The number of thioether (sulfide) groups is 1. The predicted molar refractivity (Wildman–Crippen MR) is 109 cm³/mol. The Morgan fingerprint density at radius 3 is 2.59 bits per heavy atom. The highest BCUT2D eigenvalue weighted by atomic mass is 32.2. The highest BCUT2D eigenvalue weighted by molar-refractivity contribution is 8.03. The monoisotopic (exact) mass is 376 g/mol. The summed E-state index contributed by atoms with van der Waals surface area (Å²) in [6.45, 7) is 3.91. The molecule has 0 saturated heterocycles. The van der Waals surface area contributed by atoms with Crippen LogP contribution in [-0.4, -0.2) is 16.6 Å². The smallest absolute Gasteiger partial charge is 0.254 e. The average Bonchev–Trinajstić information content (AvgIpc) is 2.69. The van der Waals surface area contributed by atoms with Crippen LogP contribution in [-0.2, 0) is 4.79 Å². The fourth-order valence-corrected chi connectivity index (χ4v) is 3.91. The number of para-hydroxylation sites is 1. The summed E-state index contributed by atoms with van der Waals surface area (Å²) in [5.41, 5.74) is 3.43. The second-order valence-corrected chi connectivity index (χ2v) is 7.26. The van der Waals surface area contributed by atoms with E-state index in [1.165, 1.54) is 0 Å². The molecule has 6 heteroatoms. The maximum atomic E-state index is 13.1. The van der Waals surface area contributed by atoms with Crippen molar-refractivity contribution in [2.24, 2.45) is 0 Å². The van der Waals surface area contributed by atoms with Crippen molar-refractivity contribution in [3.8, 4) is 6.07 Å². The number of benzene rings is 1. The summed E-state index contributed by atoms with van der Waals surface area (Å²) in [4.78, 5) is 17.2. The molecule has 0 spiro atoms. The first kappa shape index (κ1) is 18.7. The Bertz CT molecular complexity index is 930. The summed E-state index contributed by atoms with van der Waals surface area (Å²) in [6, 6.07) is 15.3. The van der Waals surface area contributed by atoms with Gasteiger partial charge in [0.15, 0.2) is 0 Å². The molecule has 0 radical (unpaired) electrons. The molecule has 0 saturated carbocycles. The Morgan fingerprint density at radius 1 is 1.26 bits per heavy atom. The number of pyridine rings is 1. The third-order valence-electron chi connectivity index (χ3n) is 4.25. The number of aromatic nitrogens is 1. The topological polar surface area (TPSA) is 77.8 Å². The summed E-state index contributed by atoms with van der Waals surface area (Å²) in [5.74, 6) is 0.174. The number of rotatable bonds is 5. The van der Waals surface area contributed by atoms with E-state index >= 15 is 0 Å². The van der Waals surface area contributed by atoms with Gasteiger partial charge in [0.05, 0.1) is 22.6 Å². The molecule has 1 aromatic carbocycles. The maximum Gasteiger partial charge on any atom is 0.254 e. The number of dihydropyridines is 1. The molecule has 2 aromatic rings. The van der Waals surface area contributed by atoms with E-state index in [0.717, 1.165) is 22.0 Å².